The van der Waals surface area contributed by atoms with Crippen LogP contribution in [-0.4, -0.2) is 25.0 Å². The van der Waals surface area contributed by atoms with Gasteiger partial charge < -0.3 is 15.5 Å². The van der Waals surface area contributed by atoms with Gasteiger partial charge in [-0.25, -0.2) is 4.39 Å². The molecule has 0 spiro atoms. The number of benzene rings is 1. The molecule has 0 aliphatic carbocycles. The number of hydrogen-bond donors (Lipinski definition) is 2. The Hall–Kier alpha value is -1.42. The molecular weight excluding hydrogens is 267 g/mol. The molecule has 1 aromatic rings. The third-order valence-corrected chi connectivity index (χ3v) is 2.90. The van der Waals surface area contributed by atoms with Crippen molar-refractivity contribution in [1.82, 2.24) is 0 Å². The second-order valence-electron chi connectivity index (χ2n) is 4.50. The number of aryl methyl sites for hydroxylation is 1. The fraction of sp³-hybridized carbons (Fsp3) is 0.588. The van der Waals surface area contributed by atoms with Gasteiger partial charge in [-0.05, 0) is 38.0 Å². The number of hydrogen-bond acceptors (Lipinski definition) is 3. The number of rotatable bonds is 3. The van der Waals surface area contributed by atoms with Gasteiger partial charge in [0.1, 0.15) is 5.82 Å². The Morgan fingerprint density at radius 3 is 2.38 bits per heavy atom. The van der Waals surface area contributed by atoms with E-state index >= 15 is 0 Å². The lowest BCUT2D eigenvalue weighted by Crippen LogP contribution is -2.21. The van der Waals surface area contributed by atoms with Gasteiger partial charge in [0.2, 0.25) is 0 Å². The van der Waals surface area contributed by atoms with E-state index in [2.05, 4.69) is 5.32 Å². The molecule has 2 N–H and O–H groups in total. The van der Waals surface area contributed by atoms with Crippen molar-refractivity contribution in [3.8, 4) is 0 Å². The molecule has 0 amide bonds. The number of nitrogens with one attached hydrogen (secondary N) is 2. The van der Waals surface area contributed by atoms with Gasteiger partial charge in [-0.3, -0.25) is 0 Å². The zero-order chi connectivity index (χ0) is 16.4. The van der Waals surface area contributed by atoms with Crippen LogP contribution in [0.4, 0.5) is 10.1 Å². The molecule has 2 rings (SSSR count). The molecule has 0 bridgehead atoms. The molecule has 0 saturated carbocycles. The summed E-state index contributed by atoms with van der Waals surface area (Å²) in [6.45, 7) is 12.8. The van der Waals surface area contributed by atoms with Gasteiger partial charge in [-0.2, -0.15) is 0 Å². The van der Waals surface area contributed by atoms with E-state index in [1.54, 1.807) is 6.92 Å². The van der Waals surface area contributed by atoms with Gasteiger partial charge in [0.15, 0.2) is 0 Å². The Morgan fingerprint density at radius 2 is 1.90 bits per heavy atom. The van der Waals surface area contributed by atoms with Crippen LogP contribution >= 0.6 is 0 Å². The summed E-state index contributed by atoms with van der Waals surface area (Å²) in [5, 5.41) is 10.9. The summed E-state index contributed by atoms with van der Waals surface area (Å²) in [5.41, 5.74) is 2.16. The van der Waals surface area contributed by atoms with Crippen LogP contribution in [0.1, 0.15) is 52.2 Å². The van der Waals surface area contributed by atoms with E-state index in [0.29, 0.717) is 17.9 Å². The number of halogens is 1. The lowest BCUT2D eigenvalue weighted by atomic mass is 10.0. The standard InChI is InChI=1S/C13H17FN2O.2C2H6/c1-8-5-11(14)13(9(2)15)12(6-8)16-10-3-4-17-7-10;2*1-2/h5-6,10,15-16H,3-4,7H2,1-2H3;2*1-2H3. The molecule has 0 aromatic heterocycles. The highest BCUT2D eigenvalue weighted by atomic mass is 19.1. The van der Waals surface area contributed by atoms with Crippen molar-refractivity contribution >= 4 is 11.4 Å². The summed E-state index contributed by atoms with van der Waals surface area (Å²) in [7, 11) is 0. The maximum atomic E-state index is 13.8. The molecule has 0 radical (unpaired) electrons. The Labute approximate surface area is 128 Å². The monoisotopic (exact) mass is 296 g/mol. The molecule has 1 aromatic carbocycles. The van der Waals surface area contributed by atoms with Crippen molar-refractivity contribution in [2.24, 2.45) is 0 Å². The molecule has 21 heavy (non-hydrogen) atoms. The Balaban J connectivity index is 0.000000921. The predicted octanol–water partition coefficient (Wildman–Crippen LogP) is 4.78. The van der Waals surface area contributed by atoms with Gasteiger partial charge >= 0.3 is 0 Å². The first kappa shape index (κ1) is 19.6. The van der Waals surface area contributed by atoms with Crippen LogP contribution in [0.15, 0.2) is 12.1 Å². The number of ether oxygens (including phenoxy) is 1. The van der Waals surface area contributed by atoms with Crippen LogP contribution in [0.5, 0.6) is 0 Å². The summed E-state index contributed by atoms with van der Waals surface area (Å²) in [6, 6.07) is 3.56. The van der Waals surface area contributed by atoms with Crippen molar-refractivity contribution in [1.29, 1.82) is 5.41 Å². The van der Waals surface area contributed by atoms with Crippen LogP contribution in [0.25, 0.3) is 0 Å². The molecule has 4 heteroatoms. The SMILES string of the molecule is CC.CC.CC(=N)c1c(F)cc(C)cc1NC1CCOC1. The fourth-order valence-electron chi connectivity index (χ4n) is 2.11. The van der Waals surface area contributed by atoms with E-state index in [1.807, 2.05) is 40.7 Å². The van der Waals surface area contributed by atoms with Crippen molar-refractivity contribution in [2.45, 2.75) is 54.0 Å². The van der Waals surface area contributed by atoms with Crippen molar-refractivity contribution in [3.05, 3.63) is 29.1 Å². The molecule has 1 heterocycles. The summed E-state index contributed by atoms with van der Waals surface area (Å²) in [4.78, 5) is 0. The van der Waals surface area contributed by atoms with E-state index in [9.17, 15) is 4.39 Å². The highest BCUT2D eigenvalue weighted by Crippen LogP contribution is 2.24. The topological polar surface area (TPSA) is 45.1 Å². The summed E-state index contributed by atoms with van der Waals surface area (Å²) in [5.74, 6) is -0.334. The second-order valence-corrected chi connectivity index (χ2v) is 4.50. The summed E-state index contributed by atoms with van der Waals surface area (Å²) in [6.07, 6.45) is 0.923. The smallest absolute Gasteiger partial charge is 0.134 e. The lowest BCUT2D eigenvalue weighted by molar-refractivity contribution is 0.195. The third kappa shape index (κ3) is 5.84. The minimum Gasteiger partial charge on any atom is -0.379 e. The average Bonchev–Trinajstić information content (AvgIpc) is 2.95. The zero-order valence-electron chi connectivity index (χ0n) is 14.1. The van der Waals surface area contributed by atoms with Crippen molar-refractivity contribution in [3.63, 3.8) is 0 Å². The van der Waals surface area contributed by atoms with E-state index < -0.39 is 0 Å². The van der Waals surface area contributed by atoms with Gasteiger partial charge in [-0.15, -0.1) is 0 Å². The molecule has 1 saturated heterocycles. The van der Waals surface area contributed by atoms with Crippen LogP contribution < -0.4 is 5.32 Å². The third-order valence-electron chi connectivity index (χ3n) is 2.90. The first-order chi connectivity index (χ1) is 10.1. The maximum absolute atomic E-state index is 13.8. The summed E-state index contributed by atoms with van der Waals surface area (Å²) < 4.78 is 19.1. The molecule has 120 valence electrons. The molecule has 1 aliphatic rings. The maximum Gasteiger partial charge on any atom is 0.134 e. The van der Waals surface area contributed by atoms with E-state index in [4.69, 9.17) is 10.1 Å². The molecule has 1 fully saturated rings. The highest BCUT2D eigenvalue weighted by molar-refractivity contribution is 6.01. The quantitative estimate of drug-likeness (QED) is 0.789. The Bertz CT molecular complexity index is 441. The minimum atomic E-state index is -0.334. The highest BCUT2D eigenvalue weighted by Gasteiger charge is 2.19. The largest absolute Gasteiger partial charge is 0.379 e. The molecule has 3 nitrogen and oxygen atoms in total. The summed E-state index contributed by atoms with van der Waals surface area (Å²) >= 11 is 0. The van der Waals surface area contributed by atoms with E-state index in [0.717, 1.165) is 18.6 Å². The Kier molecular flexibility index (Phi) is 9.63. The normalized spacial score (nSPS) is 16.2. The van der Waals surface area contributed by atoms with Gasteiger partial charge in [-0.1, -0.05) is 27.7 Å². The minimum absolute atomic E-state index is 0.217. The second kappa shape index (κ2) is 10.3. The van der Waals surface area contributed by atoms with Crippen molar-refractivity contribution in [2.75, 3.05) is 18.5 Å². The molecule has 1 atom stereocenters. The van der Waals surface area contributed by atoms with Crippen LogP contribution in [0, 0.1) is 18.2 Å². The van der Waals surface area contributed by atoms with Gasteiger partial charge in [0.05, 0.1) is 18.2 Å². The van der Waals surface area contributed by atoms with Crippen molar-refractivity contribution < 1.29 is 9.13 Å². The predicted molar refractivity (Wildman–Crippen MR) is 89.2 cm³/mol. The molecule has 1 aliphatic heterocycles. The van der Waals surface area contributed by atoms with Gasteiger partial charge in [0.25, 0.3) is 0 Å². The van der Waals surface area contributed by atoms with Crippen LogP contribution in [0.3, 0.4) is 0 Å². The molecule has 1 unspecified atom stereocenters. The Morgan fingerprint density at radius 1 is 1.29 bits per heavy atom. The van der Waals surface area contributed by atoms with E-state index in [-0.39, 0.29) is 17.6 Å². The lowest BCUT2D eigenvalue weighted by Gasteiger charge is -2.17. The number of anilines is 1. The first-order valence-electron chi connectivity index (χ1n) is 7.78. The average molecular weight is 296 g/mol. The zero-order valence-corrected chi connectivity index (χ0v) is 14.1. The molecular formula is C17H29FN2O. The fourth-order valence-corrected chi connectivity index (χ4v) is 2.11. The first-order valence-corrected chi connectivity index (χ1v) is 7.78. The van der Waals surface area contributed by atoms with Crippen LogP contribution in [-0.2, 0) is 4.74 Å². The van der Waals surface area contributed by atoms with Gasteiger partial charge in [0, 0.05) is 18.0 Å². The van der Waals surface area contributed by atoms with E-state index in [1.165, 1.54) is 6.07 Å². The van der Waals surface area contributed by atoms with Crippen LogP contribution in [0.2, 0.25) is 0 Å².